The van der Waals surface area contributed by atoms with E-state index in [0.717, 1.165) is 70.8 Å². The lowest BCUT2D eigenvalue weighted by molar-refractivity contribution is -0.131. The van der Waals surface area contributed by atoms with Crippen molar-refractivity contribution in [1.82, 2.24) is 20.4 Å². The fraction of sp³-hybridized carbons (Fsp3) is 0.600. The number of likely N-dealkylation sites (tertiary alicyclic amines) is 2. The highest BCUT2D eigenvalue weighted by Gasteiger charge is 2.24. The fourth-order valence-corrected chi connectivity index (χ4v) is 4.61. The van der Waals surface area contributed by atoms with Gasteiger partial charge in [0, 0.05) is 45.8 Å². The molecule has 2 N–H and O–H groups in total. The lowest BCUT2D eigenvalue weighted by atomic mass is 9.90. The van der Waals surface area contributed by atoms with Crippen LogP contribution in [0.15, 0.2) is 47.5 Å². The van der Waals surface area contributed by atoms with Crippen LogP contribution in [0.1, 0.15) is 38.2 Å². The first-order valence-electron chi connectivity index (χ1n) is 11.7. The molecule has 1 aromatic rings. The molecule has 3 rings (SSSR count). The van der Waals surface area contributed by atoms with Crippen molar-refractivity contribution in [3.63, 3.8) is 0 Å². The summed E-state index contributed by atoms with van der Waals surface area (Å²) in [7, 11) is 1.77. The maximum absolute atomic E-state index is 12.7. The summed E-state index contributed by atoms with van der Waals surface area (Å²) in [6.07, 6.45) is 5.43. The molecule has 2 heterocycles. The number of carbonyl (C=O) groups excluding carboxylic acids is 1. The van der Waals surface area contributed by atoms with E-state index in [1.54, 1.807) is 7.05 Å². The normalized spacial score (nSPS) is 18.7. The van der Waals surface area contributed by atoms with E-state index >= 15 is 0 Å². The summed E-state index contributed by atoms with van der Waals surface area (Å²) in [5, 5.41) is 6.72. The molecular formula is C25H40IN5O. The smallest absolute Gasteiger partial charge is 0.241 e. The Balaban J connectivity index is 0.00000363. The molecule has 0 saturated carbocycles. The van der Waals surface area contributed by atoms with E-state index in [1.807, 2.05) is 4.90 Å². The summed E-state index contributed by atoms with van der Waals surface area (Å²) in [5.74, 6) is 1.56. The molecule has 7 heteroatoms. The number of hydrogen-bond acceptors (Lipinski definition) is 3. The van der Waals surface area contributed by atoms with Crippen LogP contribution in [0.3, 0.4) is 0 Å². The first kappa shape index (κ1) is 26.6. The average molecular weight is 554 g/mol. The molecule has 2 aliphatic rings. The third-order valence-electron chi connectivity index (χ3n) is 6.39. The topological polar surface area (TPSA) is 60.0 Å². The average Bonchev–Trinajstić information content (AvgIpc) is 2.78. The number of nitrogens with one attached hydrogen (secondary N) is 2. The van der Waals surface area contributed by atoms with Gasteiger partial charge >= 0.3 is 0 Å². The molecule has 2 saturated heterocycles. The van der Waals surface area contributed by atoms with Gasteiger partial charge in [0.1, 0.15) is 0 Å². The number of guanidine groups is 1. The molecule has 32 heavy (non-hydrogen) atoms. The number of piperidine rings is 2. The van der Waals surface area contributed by atoms with Crippen molar-refractivity contribution >= 4 is 35.8 Å². The number of aliphatic imine (C=N–C) groups is 1. The lowest BCUT2D eigenvalue weighted by Crippen LogP contribution is -2.51. The third-order valence-corrected chi connectivity index (χ3v) is 6.39. The molecule has 0 spiro atoms. The van der Waals surface area contributed by atoms with Gasteiger partial charge in [-0.05, 0) is 50.5 Å². The van der Waals surface area contributed by atoms with Crippen LogP contribution in [-0.2, 0) is 11.2 Å². The second-order valence-corrected chi connectivity index (χ2v) is 9.09. The van der Waals surface area contributed by atoms with Gasteiger partial charge in [0.25, 0.3) is 0 Å². The van der Waals surface area contributed by atoms with Crippen LogP contribution in [0.4, 0.5) is 0 Å². The van der Waals surface area contributed by atoms with Crippen molar-refractivity contribution in [2.24, 2.45) is 10.9 Å². The van der Waals surface area contributed by atoms with E-state index < -0.39 is 0 Å². The highest BCUT2D eigenvalue weighted by Crippen LogP contribution is 2.21. The first-order valence-corrected chi connectivity index (χ1v) is 11.7. The second kappa shape index (κ2) is 13.8. The van der Waals surface area contributed by atoms with E-state index in [2.05, 4.69) is 64.4 Å². The maximum Gasteiger partial charge on any atom is 0.241 e. The predicted octanol–water partition coefficient (Wildman–Crippen LogP) is 3.29. The van der Waals surface area contributed by atoms with Crippen molar-refractivity contribution in [2.75, 3.05) is 46.3 Å². The zero-order valence-electron chi connectivity index (χ0n) is 19.7. The van der Waals surface area contributed by atoms with Gasteiger partial charge in [-0.1, -0.05) is 42.5 Å². The minimum absolute atomic E-state index is 0. The zero-order valence-corrected chi connectivity index (χ0v) is 22.0. The molecule has 0 unspecified atom stereocenters. The van der Waals surface area contributed by atoms with E-state index in [9.17, 15) is 4.79 Å². The minimum atomic E-state index is 0. The Labute approximate surface area is 210 Å². The Morgan fingerprint density at radius 3 is 2.34 bits per heavy atom. The summed E-state index contributed by atoms with van der Waals surface area (Å²) in [6, 6.07) is 11.1. The van der Waals surface area contributed by atoms with Crippen LogP contribution < -0.4 is 10.6 Å². The van der Waals surface area contributed by atoms with Crippen LogP contribution in [0.5, 0.6) is 0 Å². The summed E-state index contributed by atoms with van der Waals surface area (Å²) in [5.41, 5.74) is 2.61. The number of benzene rings is 1. The molecule has 0 aliphatic carbocycles. The van der Waals surface area contributed by atoms with Crippen LogP contribution in [0.25, 0.3) is 0 Å². The fourth-order valence-electron chi connectivity index (χ4n) is 4.61. The number of halogens is 1. The molecular weight excluding hydrogens is 513 g/mol. The molecule has 2 aliphatic heterocycles. The Morgan fingerprint density at radius 2 is 1.75 bits per heavy atom. The van der Waals surface area contributed by atoms with Gasteiger partial charge in [0.05, 0.1) is 6.54 Å². The summed E-state index contributed by atoms with van der Waals surface area (Å²) in [6.45, 7) is 11.2. The minimum Gasteiger partial charge on any atom is -0.354 e. The number of carbonyl (C=O) groups is 1. The van der Waals surface area contributed by atoms with E-state index in [1.165, 1.54) is 11.1 Å². The van der Waals surface area contributed by atoms with Crippen molar-refractivity contribution < 1.29 is 4.79 Å². The molecule has 1 amide bonds. The Hall–Kier alpha value is -1.61. The first-order chi connectivity index (χ1) is 15.0. The lowest BCUT2D eigenvalue weighted by Gasteiger charge is -2.34. The maximum atomic E-state index is 12.7. The van der Waals surface area contributed by atoms with Gasteiger partial charge in [0.2, 0.25) is 5.91 Å². The Morgan fingerprint density at radius 1 is 1.09 bits per heavy atom. The van der Waals surface area contributed by atoms with Crippen molar-refractivity contribution in [2.45, 2.75) is 45.1 Å². The van der Waals surface area contributed by atoms with Gasteiger partial charge in [-0.3, -0.25) is 14.7 Å². The number of amides is 1. The van der Waals surface area contributed by atoms with Crippen molar-refractivity contribution in [3.8, 4) is 0 Å². The Bertz CT molecular complexity index is 738. The molecule has 0 bridgehead atoms. The highest BCUT2D eigenvalue weighted by atomic mass is 127. The number of rotatable bonds is 7. The van der Waals surface area contributed by atoms with Crippen molar-refractivity contribution in [1.29, 1.82) is 0 Å². The number of nitrogens with zero attached hydrogens (tertiary/aromatic N) is 3. The molecule has 2 fully saturated rings. The quantitative estimate of drug-likeness (QED) is 0.236. The molecule has 178 valence electrons. The summed E-state index contributed by atoms with van der Waals surface area (Å²) < 4.78 is 0. The van der Waals surface area contributed by atoms with Gasteiger partial charge in [-0.25, -0.2) is 0 Å². The van der Waals surface area contributed by atoms with Crippen LogP contribution >= 0.6 is 24.0 Å². The van der Waals surface area contributed by atoms with Gasteiger partial charge in [-0.2, -0.15) is 0 Å². The molecule has 6 nitrogen and oxygen atoms in total. The molecule has 0 aromatic heterocycles. The van der Waals surface area contributed by atoms with Gasteiger partial charge in [0.15, 0.2) is 5.96 Å². The van der Waals surface area contributed by atoms with Gasteiger partial charge < -0.3 is 15.5 Å². The van der Waals surface area contributed by atoms with E-state index in [0.29, 0.717) is 18.5 Å². The number of hydrogen-bond donors (Lipinski definition) is 2. The largest absolute Gasteiger partial charge is 0.354 e. The monoisotopic (exact) mass is 553 g/mol. The van der Waals surface area contributed by atoms with Crippen LogP contribution in [0, 0.1) is 5.92 Å². The van der Waals surface area contributed by atoms with Crippen LogP contribution in [-0.4, -0.2) is 74.0 Å². The van der Waals surface area contributed by atoms with Crippen molar-refractivity contribution in [3.05, 3.63) is 48.0 Å². The molecule has 0 radical (unpaired) electrons. The Kier molecular flexibility index (Phi) is 11.5. The van der Waals surface area contributed by atoms with Crippen LogP contribution in [0.2, 0.25) is 0 Å². The highest BCUT2D eigenvalue weighted by molar-refractivity contribution is 14.0. The van der Waals surface area contributed by atoms with E-state index in [-0.39, 0.29) is 29.9 Å². The zero-order chi connectivity index (χ0) is 22.1. The second-order valence-electron chi connectivity index (χ2n) is 9.09. The SMILES string of the molecule is C=C(C)CN1CCC(NC(=NC)NCC(=O)N2CCC(Cc3ccccc3)CC2)CC1.I. The summed E-state index contributed by atoms with van der Waals surface area (Å²) in [4.78, 5) is 21.5. The third kappa shape index (κ3) is 8.73. The molecule has 0 atom stereocenters. The molecule has 1 aromatic carbocycles. The summed E-state index contributed by atoms with van der Waals surface area (Å²) >= 11 is 0. The van der Waals surface area contributed by atoms with Gasteiger partial charge in [-0.15, -0.1) is 24.0 Å². The standard InChI is InChI=1S/C25H39N5O.HI/c1-20(2)19-29-13-11-23(12-14-29)28-25(26-3)27-18-24(31)30-15-9-22(10-16-30)17-21-7-5-4-6-8-21;/h4-8,22-23H,1,9-19H2,2-3H3,(H2,26,27,28);1H. The van der Waals surface area contributed by atoms with E-state index in [4.69, 9.17) is 0 Å². The predicted molar refractivity (Wildman–Crippen MR) is 144 cm³/mol.